The van der Waals surface area contributed by atoms with Crippen molar-refractivity contribution in [3.63, 3.8) is 0 Å². The van der Waals surface area contributed by atoms with Crippen molar-refractivity contribution in [3.05, 3.63) is 39.9 Å². The van der Waals surface area contributed by atoms with Gasteiger partial charge in [-0.15, -0.1) is 5.10 Å². The van der Waals surface area contributed by atoms with Gasteiger partial charge < -0.3 is 24.3 Å². The van der Waals surface area contributed by atoms with Crippen LogP contribution in [0, 0.1) is 0 Å². The molecule has 1 saturated heterocycles. The van der Waals surface area contributed by atoms with E-state index in [1.807, 2.05) is 22.9 Å². The fraction of sp³-hybridized carbons (Fsp3) is 0.600. The molecule has 2 atom stereocenters. The van der Waals surface area contributed by atoms with Crippen LogP contribution < -0.4 is 15.0 Å². The van der Waals surface area contributed by atoms with Crippen LogP contribution in [0.4, 0.5) is 0 Å². The maximum atomic E-state index is 13.1. The van der Waals surface area contributed by atoms with Crippen LogP contribution in [0.1, 0.15) is 56.5 Å². The number of hydrogen-bond acceptors (Lipinski definition) is 9. The van der Waals surface area contributed by atoms with E-state index in [0.29, 0.717) is 61.8 Å². The van der Waals surface area contributed by atoms with Crippen LogP contribution >= 0.6 is 0 Å². The zero-order valence-corrected chi connectivity index (χ0v) is 20.7. The molecule has 1 aromatic carbocycles. The number of nitrogens with one attached hydrogen (secondary N) is 1. The smallest absolute Gasteiger partial charge is 0.252 e. The van der Waals surface area contributed by atoms with E-state index < -0.39 is 0 Å². The third-order valence-electron chi connectivity index (χ3n) is 6.82. The van der Waals surface area contributed by atoms with E-state index in [9.17, 15) is 9.90 Å². The molecule has 2 aliphatic heterocycles. The number of aromatic nitrogens is 5. The molecule has 2 aromatic heterocycles. The maximum absolute atomic E-state index is 13.1. The van der Waals surface area contributed by atoms with Crippen LogP contribution in [-0.4, -0.2) is 74.3 Å². The predicted octanol–water partition coefficient (Wildman–Crippen LogP) is 2.19. The molecule has 11 heteroatoms. The minimum absolute atomic E-state index is 0.0632. The monoisotopic (exact) mass is 498 g/mol. The van der Waals surface area contributed by atoms with Crippen molar-refractivity contribution < 1.29 is 19.3 Å². The zero-order valence-electron chi connectivity index (χ0n) is 20.7. The Balaban J connectivity index is 1.45. The molecule has 4 heterocycles. The number of fused-ring (bicyclic) bond motifs is 2. The summed E-state index contributed by atoms with van der Waals surface area (Å²) in [5, 5.41) is 23.1. The van der Waals surface area contributed by atoms with Crippen molar-refractivity contribution in [1.82, 2.24) is 30.1 Å². The topological polar surface area (TPSA) is 128 Å². The largest absolute Gasteiger partial charge is 0.486 e. The Morgan fingerprint density at radius 1 is 1.22 bits per heavy atom. The number of pyridine rings is 1. The Bertz CT molecular complexity index is 1220. The normalized spacial score (nSPS) is 18.2. The molecule has 1 fully saturated rings. The van der Waals surface area contributed by atoms with E-state index in [-0.39, 0.29) is 24.3 Å². The number of rotatable bonds is 11. The molecule has 0 spiro atoms. The van der Waals surface area contributed by atoms with Crippen molar-refractivity contribution in [2.75, 3.05) is 33.0 Å². The van der Waals surface area contributed by atoms with Crippen LogP contribution in [0.25, 0.3) is 10.9 Å². The first-order chi connectivity index (χ1) is 17.7. The third-order valence-corrected chi connectivity index (χ3v) is 6.82. The standard InChI is InChI=1S/C25H34N6O5/c1-2-5-21(24-27-28-29-31(24)16-19-6-3-9-34-19)30(7-4-8-32)15-18-12-17-13-22-23(36-11-10-35-22)14-20(17)26-25(18)33/h12-14,19,21,32H,2-11,15-16H2,1H3,(H,26,33)/t19-,21+/m1/s1. The van der Waals surface area contributed by atoms with Crippen LogP contribution in [0.5, 0.6) is 11.5 Å². The first-order valence-electron chi connectivity index (χ1n) is 12.8. The summed E-state index contributed by atoms with van der Waals surface area (Å²) < 4.78 is 19.0. The van der Waals surface area contributed by atoms with Crippen molar-refractivity contribution in [1.29, 1.82) is 0 Å². The van der Waals surface area contributed by atoms with E-state index in [0.717, 1.165) is 43.5 Å². The first-order valence-corrected chi connectivity index (χ1v) is 12.8. The fourth-order valence-electron chi connectivity index (χ4n) is 5.05. The first kappa shape index (κ1) is 24.7. The SMILES string of the molecule is CCC[C@@H](c1nnnn1C[C@H]1CCCO1)N(CCCO)Cc1cc2cc3c(cc2[nH]c1=O)OCCO3. The van der Waals surface area contributed by atoms with Gasteiger partial charge >= 0.3 is 0 Å². The summed E-state index contributed by atoms with van der Waals surface area (Å²) in [6, 6.07) is 5.54. The maximum Gasteiger partial charge on any atom is 0.252 e. The van der Waals surface area contributed by atoms with E-state index in [1.54, 1.807) is 0 Å². The number of tetrazole rings is 1. The lowest BCUT2D eigenvalue weighted by atomic mass is 10.1. The fourth-order valence-corrected chi connectivity index (χ4v) is 5.05. The van der Waals surface area contributed by atoms with Gasteiger partial charge in [0, 0.05) is 43.3 Å². The quantitative estimate of drug-likeness (QED) is 0.409. The van der Waals surface area contributed by atoms with E-state index in [2.05, 4.69) is 32.3 Å². The van der Waals surface area contributed by atoms with Gasteiger partial charge in [0.2, 0.25) is 0 Å². The average molecular weight is 499 g/mol. The predicted molar refractivity (Wildman–Crippen MR) is 132 cm³/mol. The summed E-state index contributed by atoms with van der Waals surface area (Å²) in [5.41, 5.74) is 1.19. The molecule has 3 aromatic rings. The summed E-state index contributed by atoms with van der Waals surface area (Å²) in [4.78, 5) is 18.3. The van der Waals surface area contributed by atoms with Gasteiger partial charge in [-0.3, -0.25) is 9.69 Å². The molecule has 2 N–H and O–H groups in total. The van der Waals surface area contributed by atoms with E-state index in [4.69, 9.17) is 14.2 Å². The molecule has 0 bridgehead atoms. The molecular weight excluding hydrogens is 464 g/mol. The Hall–Kier alpha value is -3.02. The lowest BCUT2D eigenvalue weighted by molar-refractivity contribution is 0.0885. The summed E-state index contributed by atoms with van der Waals surface area (Å²) in [7, 11) is 0. The Labute approximate surface area is 209 Å². The van der Waals surface area contributed by atoms with Crippen molar-refractivity contribution >= 4 is 10.9 Å². The molecule has 0 unspecified atom stereocenters. The highest BCUT2D eigenvalue weighted by molar-refractivity contribution is 5.83. The molecule has 5 rings (SSSR count). The summed E-state index contributed by atoms with van der Waals surface area (Å²) in [6.07, 6.45) is 4.48. The van der Waals surface area contributed by atoms with E-state index >= 15 is 0 Å². The van der Waals surface area contributed by atoms with Crippen molar-refractivity contribution in [3.8, 4) is 11.5 Å². The van der Waals surface area contributed by atoms with Crippen molar-refractivity contribution in [2.24, 2.45) is 0 Å². The minimum Gasteiger partial charge on any atom is -0.486 e. The molecule has 36 heavy (non-hydrogen) atoms. The van der Waals surface area contributed by atoms with Crippen molar-refractivity contribution in [2.45, 2.75) is 64.3 Å². The highest BCUT2D eigenvalue weighted by Gasteiger charge is 2.28. The molecule has 0 radical (unpaired) electrons. The number of nitrogens with zero attached hydrogens (tertiary/aromatic N) is 5. The molecule has 11 nitrogen and oxygen atoms in total. The number of aromatic amines is 1. The highest BCUT2D eigenvalue weighted by Crippen LogP contribution is 2.34. The second-order valence-electron chi connectivity index (χ2n) is 9.41. The third kappa shape index (κ3) is 5.37. The average Bonchev–Trinajstić information content (AvgIpc) is 3.57. The molecule has 0 amide bonds. The van der Waals surface area contributed by atoms with Crippen LogP contribution in [-0.2, 0) is 17.8 Å². The van der Waals surface area contributed by atoms with Gasteiger partial charge in [0.05, 0.1) is 24.2 Å². The van der Waals surface area contributed by atoms with Gasteiger partial charge in [0.1, 0.15) is 13.2 Å². The molecule has 0 aliphatic carbocycles. The van der Waals surface area contributed by atoms with Gasteiger partial charge in [-0.05, 0) is 48.2 Å². The van der Waals surface area contributed by atoms with Gasteiger partial charge in [0.25, 0.3) is 5.56 Å². The number of H-pyrrole nitrogens is 1. The number of aliphatic hydroxyl groups is 1. The second kappa shape index (κ2) is 11.4. The van der Waals surface area contributed by atoms with Gasteiger partial charge in [-0.25, -0.2) is 4.68 Å². The number of hydrogen-bond donors (Lipinski definition) is 2. The van der Waals surface area contributed by atoms with Gasteiger partial charge in [-0.1, -0.05) is 13.3 Å². The molecular formula is C25H34N6O5. The Morgan fingerprint density at radius 3 is 2.81 bits per heavy atom. The lowest BCUT2D eigenvalue weighted by Gasteiger charge is -2.31. The van der Waals surface area contributed by atoms with E-state index in [1.165, 1.54) is 0 Å². The molecule has 194 valence electrons. The van der Waals surface area contributed by atoms with Gasteiger partial charge in [0.15, 0.2) is 17.3 Å². The summed E-state index contributed by atoms with van der Waals surface area (Å²) in [5.74, 6) is 2.09. The Morgan fingerprint density at radius 2 is 2.06 bits per heavy atom. The number of ether oxygens (including phenoxy) is 3. The minimum atomic E-state index is -0.151. The summed E-state index contributed by atoms with van der Waals surface area (Å²) >= 11 is 0. The van der Waals surface area contributed by atoms with Crippen LogP contribution in [0.3, 0.4) is 0 Å². The number of benzene rings is 1. The Kier molecular flexibility index (Phi) is 7.78. The van der Waals surface area contributed by atoms with Crippen LogP contribution in [0.2, 0.25) is 0 Å². The van der Waals surface area contributed by atoms with Gasteiger partial charge in [-0.2, -0.15) is 0 Å². The highest BCUT2D eigenvalue weighted by atomic mass is 16.6. The lowest BCUT2D eigenvalue weighted by Crippen LogP contribution is -2.34. The second-order valence-corrected chi connectivity index (χ2v) is 9.41. The molecule has 0 saturated carbocycles. The molecule has 2 aliphatic rings. The zero-order chi connectivity index (χ0) is 24.9. The van der Waals surface area contributed by atoms with Crippen LogP contribution in [0.15, 0.2) is 23.0 Å². The number of aliphatic hydroxyl groups excluding tert-OH is 1. The summed E-state index contributed by atoms with van der Waals surface area (Å²) in [6.45, 7) is 5.57.